The molecule has 0 bridgehead atoms. The standard InChI is InChI=1S/C9H15N3O/c1-8(2,10)7-11-6(12-13-7)9(3)4-5-9/h4-5,10H2,1-3H3. The van der Waals surface area contributed by atoms with Gasteiger partial charge < -0.3 is 10.3 Å². The molecule has 2 N–H and O–H groups in total. The van der Waals surface area contributed by atoms with E-state index in [1.54, 1.807) is 0 Å². The lowest BCUT2D eigenvalue weighted by molar-refractivity contribution is 0.308. The SMILES string of the molecule is CC(C)(N)c1nc(C2(C)CC2)no1. The van der Waals surface area contributed by atoms with Gasteiger partial charge in [-0.15, -0.1) is 0 Å². The minimum absolute atomic E-state index is 0.160. The number of hydrogen-bond donors (Lipinski definition) is 1. The summed E-state index contributed by atoms with van der Waals surface area (Å²) in [4.78, 5) is 4.31. The third-order valence-electron chi connectivity index (χ3n) is 2.52. The summed E-state index contributed by atoms with van der Waals surface area (Å²) in [5, 5.41) is 3.95. The maximum absolute atomic E-state index is 5.84. The molecule has 0 atom stereocenters. The predicted molar refractivity (Wildman–Crippen MR) is 48.1 cm³/mol. The van der Waals surface area contributed by atoms with Crippen LogP contribution in [0.15, 0.2) is 4.52 Å². The number of hydrogen-bond acceptors (Lipinski definition) is 4. The van der Waals surface area contributed by atoms with Gasteiger partial charge >= 0.3 is 0 Å². The maximum atomic E-state index is 5.84. The maximum Gasteiger partial charge on any atom is 0.246 e. The predicted octanol–water partition coefficient (Wildman–Crippen LogP) is 1.31. The van der Waals surface area contributed by atoms with Crippen molar-refractivity contribution in [3.05, 3.63) is 11.7 Å². The molecule has 1 aliphatic rings. The van der Waals surface area contributed by atoms with E-state index < -0.39 is 5.54 Å². The zero-order chi connectivity index (χ0) is 9.69. The highest BCUT2D eigenvalue weighted by molar-refractivity contribution is 5.15. The Morgan fingerprint density at radius 3 is 2.46 bits per heavy atom. The molecule has 0 radical (unpaired) electrons. The van der Waals surface area contributed by atoms with E-state index in [-0.39, 0.29) is 5.41 Å². The molecule has 1 aromatic heterocycles. The Bertz CT molecular complexity index is 300. The smallest absolute Gasteiger partial charge is 0.246 e. The van der Waals surface area contributed by atoms with Crippen LogP contribution in [0.2, 0.25) is 0 Å². The monoisotopic (exact) mass is 181 g/mol. The summed E-state index contributed by atoms with van der Waals surface area (Å²) >= 11 is 0. The van der Waals surface area contributed by atoms with E-state index in [1.807, 2.05) is 13.8 Å². The van der Waals surface area contributed by atoms with Gasteiger partial charge in [-0.1, -0.05) is 12.1 Å². The van der Waals surface area contributed by atoms with Crippen LogP contribution in [0.4, 0.5) is 0 Å². The van der Waals surface area contributed by atoms with Gasteiger partial charge in [0.15, 0.2) is 5.82 Å². The lowest BCUT2D eigenvalue weighted by atomic mass is 10.1. The average molecular weight is 181 g/mol. The second-order valence-electron chi connectivity index (χ2n) is 4.71. The molecule has 0 amide bonds. The summed E-state index contributed by atoms with van der Waals surface area (Å²) in [5.74, 6) is 1.33. The number of nitrogens with two attached hydrogens (primary N) is 1. The van der Waals surface area contributed by atoms with Crippen LogP contribution in [-0.2, 0) is 11.0 Å². The molecule has 1 saturated carbocycles. The van der Waals surface area contributed by atoms with Gasteiger partial charge in [0, 0.05) is 5.41 Å². The number of rotatable bonds is 2. The first-order valence-electron chi connectivity index (χ1n) is 4.55. The van der Waals surface area contributed by atoms with Gasteiger partial charge in [0.2, 0.25) is 5.89 Å². The highest BCUT2D eigenvalue weighted by atomic mass is 16.5. The van der Waals surface area contributed by atoms with Crippen LogP contribution >= 0.6 is 0 Å². The van der Waals surface area contributed by atoms with Gasteiger partial charge in [0.25, 0.3) is 0 Å². The zero-order valence-corrected chi connectivity index (χ0v) is 8.29. The second kappa shape index (κ2) is 2.32. The van der Waals surface area contributed by atoms with Crippen molar-refractivity contribution in [2.24, 2.45) is 5.73 Å². The first-order chi connectivity index (χ1) is 5.92. The van der Waals surface area contributed by atoms with E-state index >= 15 is 0 Å². The average Bonchev–Trinajstić information content (AvgIpc) is 2.60. The first kappa shape index (κ1) is 8.69. The molecule has 1 aromatic rings. The topological polar surface area (TPSA) is 64.9 Å². The van der Waals surface area contributed by atoms with Crippen molar-refractivity contribution < 1.29 is 4.52 Å². The summed E-state index contributed by atoms with van der Waals surface area (Å²) < 4.78 is 5.11. The summed E-state index contributed by atoms with van der Waals surface area (Å²) in [6, 6.07) is 0. The van der Waals surface area contributed by atoms with Crippen molar-refractivity contribution in [3.63, 3.8) is 0 Å². The largest absolute Gasteiger partial charge is 0.337 e. The van der Waals surface area contributed by atoms with E-state index in [4.69, 9.17) is 10.3 Å². The van der Waals surface area contributed by atoms with Crippen molar-refractivity contribution in [3.8, 4) is 0 Å². The lowest BCUT2D eigenvalue weighted by Gasteiger charge is -2.11. The Balaban J connectivity index is 2.29. The highest BCUT2D eigenvalue weighted by Gasteiger charge is 2.44. The van der Waals surface area contributed by atoms with Gasteiger partial charge in [-0.3, -0.25) is 0 Å². The van der Waals surface area contributed by atoms with Crippen LogP contribution in [0.1, 0.15) is 45.3 Å². The van der Waals surface area contributed by atoms with Crippen LogP contribution in [0.5, 0.6) is 0 Å². The van der Waals surface area contributed by atoms with E-state index in [9.17, 15) is 0 Å². The van der Waals surface area contributed by atoms with Crippen LogP contribution in [0, 0.1) is 0 Å². The zero-order valence-electron chi connectivity index (χ0n) is 8.29. The van der Waals surface area contributed by atoms with Gasteiger partial charge in [-0.2, -0.15) is 4.98 Å². The molecule has 0 aromatic carbocycles. The Morgan fingerprint density at radius 1 is 1.46 bits per heavy atom. The van der Waals surface area contributed by atoms with E-state index in [0.29, 0.717) is 5.89 Å². The van der Waals surface area contributed by atoms with Gasteiger partial charge in [0.05, 0.1) is 5.54 Å². The van der Waals surface area contributed by atoms with Gasteiger partial charge in [-0.05, 0) is 26.7 Å². The highest BCUT2D eigenvalue weighted by Crippen LogP contribution is 2.46. The van der Waals surface area contributed by atoms with Crippen molar-refractivity contribution in [2.45, 2.75) is 44.6 Å². The second-order valence-corrected chi connectivity index (χ2v) is 4.71. The van der Waals surface area contributed by atoms with Crippen molar-refractivity contribution >= 4 is 0 Å². The number of nitrogens with zero attached hydrogens (tertiary/aromatic N) is 2. The molecule has 4 heteroatoms. The molecule has 1 heterocycles. The minimum atomic E-state index is -0.531. The Hall–Kier alpha value is -0.900. The molecule has 0 aliphatic heterocycles. The Morgan fingerprint density at radius 2 is 2.08 bits per heavy atom. The fourth-order valence-electron chi connectivity index (χ4n) is 1.14. The third kappa shape index (κ3) is 1.46. The Labute approximate surface area is 77.5 Å². The molecule has 0 unspecified atom stereocenters. The molecule has 13 heavy (non-hydrogen) atoms. The van der Waals surface area contributed by atoms with E-state index in [0.717, 1.165) is 18.7 Å². The summed E-state index contributed by atoms with van der Waals surface area (Å²) in [7, 11) is 0. The molecule has 72 valence electrons. The summed E-state index contributed by atoms with van der Waals surface area (Å²) in [6.45, 7) is 5.87. The minimum Gasteiger partial charge on any atom is -0.337 e. The molecule has 0 saturated heterocycles. The molecule has 1 aliphatic carbocycles. The van der Waals surface area contributed by atoms with Crippen molar-refractivity contribution in [1.82, 2.24) is 10.1 Å². The van der Waals surface area contributed by atoms with Crippen LogP contribution < -0.4 is 5.73 Å². The van der Waals surface area contributed by atoms with Crippen molar-refractivity contribution in [2.75, 3.05) is 0 Å². The van der Waals surface area contributed by atoms with E-state index in [1.165, 1.54) is 0 Å². The van der Waals surface area contributed by atoms with Gasteiger partial charge in [-0.25, -0.2) is 0 Å². The molecule has 2 rings (SSSR count). The fraction of sp³-hybridized carbons (Fsp3) is 0.778. The molecule has 0 spiro atoms. The third-order valence-corrected chi connectivity index (χ3v) is 2.52. The van der Waals surface area contributed by atoms with Crippen molar-refractivity contribution in [1.29, 1.82) is 0 Å². The van der Waals surface area contributed by atoms with Crippen LogP contribution in [-0.4, -0.2) is 10.1 Å². The van der Waals surface area contributed by atoms with E-state index in [2.05, 4.69) is 17.1 Å². The first-order valence-corrected chi connectivity index (χ1v) is 4.55. The molecular weight excluding hydrogens is 166 g/mol. The van der Waals surface area contributed by atoms with Crippen LogP contribution in [0.25, 0.3) is 0 Å². The normalized spacial score (nSPS) is 20.3. The van der Waals surface area contributed by atoms with Crippen LogP contribution in [0.3, 0.4) is 0 Å². The quantitative estimate of drug-likeness (QED) is 0.747. The summed E-state index contributed by atoms with van der Waals surface area (Å²) in [6.07, 6.45) is 2.30. The summed E-state index contributed by atoms with van der Waals surface area (Å²) in [5.41, 5.74) is 5.47. The lowest BCUT2D eigenvalue weighted by Crippen LogP contribution is -2.29. The Kier molecular flexibility index (Phi) is 1.55. The molecule has 1 fully saturated rings. The number of aromatic nitrogens is 2. The molecule has 4 nitrogen and oxygen atoms in total. The molecular formula is C9H15N3O. The van der Waals surface area contributed by atoms with Gasteiger partial charge in [0.1, 0.15) is 0 Å². The fourth-order valence-corrected chi connectivity index (χ4v) is 1.14.